The van der Waals surface area contributed by atoms with Crippen LogP contribution in [0, 0.1) is 18.5 Å². The van der Waals surface area contributed by atoms with E-state index in [9.17, 15) is 0 Å². The van der Waals surface area contributed by atoms with E-state index in [0.717, 1.165) is 38.5 Å². The fraction of sp³-hybridized carbons (Fsp3) is 0.538. The number of nitrogens with zero attached hydrogens (tertiary/aromatic N) is 1. The van der Waals surface area contributed by atoms with Gasteiger partial charge in [0, 0.05) is 6.10 Å². The molecule has 33 heavy (non-hydrogen) atoms. The topological polar surface area (TPSA) is 42.9 Å². The molecule has 0 radical (unpaired) electrons. The van der Waals surface area contributed by atoms with Crippen LogP contribution in [0.4, 0.5) is 0 Å². The number of hydrogen-bond acceptors (Lipinski definition) is 4. The van der Waals surface area contributed by atoms with Gasteiger partial charge in [0.2, 0.25) is 0 Å². The Hall–Kier alpha value is -0.906. The van der Waals surface area contributed by atoms with Gasteiger partial charge in [-0.25, -0.2) is 24.3 Å². The molecule has 4 aliphatic carbocycles. The molecule has 0 aromatic heterocycles. The fourth-order valence-electron chi connectivity index (χ4n) is 3.90. The molecule has 1 N–H and O–H groups in total. The van der Waals surface area contributed by atoms with Crippen molar-refractivity contribution < 1.29 is 28.8 Å². The van der Waals surface area contributed by atoms with Crippen molar-refractivity contribution in [2.45, 2.75) is 89.3 Å². The summed E-state index contributed by atoms with van der Waals surface area (Å²) in [5, 5.41) is 3.50. The molecule has 0 atom stereocenters. The number of hydrogen-bond donors (Lipinski definition) is 1. The summed E-state index contributed by atoms with van der Waals surface area (Å²) < 4.78 is 11.9. The molecule has 1 aliphatic heterocycles. The standard InChI is InChI=1S/C16H24ClN2O2.2C5H5.ClH.Ti/c17-14-11-15(20-12-7-3-1-4-8-12)19-16(18-14)21-13-9-5-2-6-10-13;2*1-2-4-5-3-1;;/h11-13,18H,1-10H2;2*1-3H,4H2;1H;/q3*-1;;+4/p-1. The number of halogens is 2. The third kappa shape index (κ3) is 12.9. The third-order valence-electron chi connectivity index (χ3n) is 5.53. The SMILES string of the molecule is ClC1=CC(OC2CCCCC2)=N[C-](OC2CCCCC2)N1.[C-]1=CC=CC1.[C-]1=CC=CC1.[Cl][Ti+3]. The summed E-state index contributed by atoms with van der Waals surface area (Å²) in [6, 6.07) is 0. The molecule has 0 amide bonds. The monoisotopic (exact) mass is 524 g/mol. The molecular formula is C26H34Cl2N2O2Ti. The molecule has 0 aromatic carbocycles. The van der Waals surface area contributed by atoms with Gasteiger partial charge >= 0.3 is 28.7 Å². The van der Waals surface area contributed by atoms with Crippen LogP contribution in [0.3, 0.4) is 0 Å². The molecule has 7 heteroatoms. The van der Waals surface area contributed by atoms with E-state index in [2.05, 4.69) is 43.9 Å². The van der Waals surface area contributed by atoms with Crippen LogP contribution >= 0.6 is 20.9 Å². The molecule has 1 heterocycles. The molecule has 178 valence electrons. The first kappa shape index (κ1) is 28.3. The van der Waals surface area contributed by atoms with Gasteiger partial charge in [0.1, 0.15) is 0 Å². The molecule has 5 aliphatic rings. The maximum absolute atomic E-state index is 6.13. The summed E-state index contributed by atoms with van der Waals surface area (Å²) in [5.74, 6) is 0.580. The summed E-state index contributed by atoms with van der Waals surface area (Å²) in [6.45, 7) is 0. The van der Waals surface area contributed by atoms with Gasteiger partial charge < -0.3 is 19.8 Å². The van der Waals surface area contributed by atoms with Crippen molar-refractivity contribution >= 4 is 26.8 Å². The quantitative estimate of drug-likeness (QED) is 0.236. The van der Waals surface area contributed by atoms with Gasteiger partial charge in [0.05, 0.1) is 23.5 Å². The van der Waals surface area contributed by atoms with Gasteiger partial charge in [-0.15, -0.1) is 12.8 Å². The predicted octanol–water partition coefficient (Wildman–Crippen LogP) is 7.51. The fourth-order valence-corrected chi connectivity index (χ4v) is 4.07. The number of aliphatic imine (C=N–C) groups is 1. The summed E-state index contributed by atoms with van der Waals surface area (Å²) in [5.41, 5.74) is 0. The van der Waals surface area contributed by atoms with Gasteiger partial charge in [0.15, 0.2) is 0 Å². The Morgan fingerprint density at radius 1 is 0.879 bits per heavy atom. The average Bonchev–Trinajstić information content (AvgIpc) is 3.61. The van der Waals surface area contributed by atoms with Gasteiger partial charge in [-0.3, -0.25) is 12.2 Å². The van der Waals surface area contributed by atoms with Crippen LogP contribution < -0.4 is 5.32 Å². The Morgan fingerprint density at radius 2 is 1.42 bits per heavy atom. The van der Waals surface area contributed by atoms with E-state index in [1.165, 1.54) is 57.9 Å². The molecule has 2 saturated carbocycles. The number of ether oxygens (including phenoxy) is 2. The molecule has 0 spiro atoms. The zero-order valence-corrected chi connectivity index (χ0v) is 22.3. The first-order valence-corrected chi connectivity index (χ1v) is 14.4. The van der Waals surface area contributed by atoms with Gasteiger partial charge in [-0.2, -0.15) is 12.2 Å². The van der Waals surface area contributed by atoms with Crippen LogP contribution in [0.25, 0.3) is 0 Å². The number of nitrogens with one attached hydrogen (secondary N) is 1. The summed E-state index contributed by atoms with van der Waals surface area (Å²) >= 11 is 7.60. The first-order chi connectivity index (χ1) is 16.3. The van der Waals surface area contributed by atoms with E-state index in [4.69, 9.17) is 21.1 Å². The zero-order chi connectivity index (χ0) is 23.6. The Kier molecular flexibility index (Phi) is 15.8. The molecule has 2 fully saturated rings. The van der Waals surface area contributed by atoms with Crippen LogP contribution in [0.5, 0.6) is 0 Å². The van der Waals surface area contributed by atoms with Gasteiger partial charge in [-0.1, -0.05) is 43.4 Å². The zero-order valence-electron chi connectivity index (χ0n) is 19.2. The van der Waals surface area contributed by atoms with Crippen LogP contribution in [-0.2, 0) is 28.8 Å². The van der Waals surface area contributed by atoms with Crippen molar-refractivity contribution in [3.63, 3.8) is 0 Å². The Labute approximate surface area is 220 Å². The predicted molar refractivity (Wildman–Crippen MR) is 133 cm³/mol. The number of rotatable bonds is 3. The van der Waals surface area contributed by atoms with E-state index in [0.29, 0.717) is 17.4 Å². The summed E-state index contributed by atoms with van der Waals surface area (Å²) in [7, 11) is 4.64. The van der Waals surface area contributed by atoms with Crippen molar-refractivity contribution in [1.82, 2.24) is 5.32 Å². The van der Waals surface area contributed by atoms with Crippen LogP contribution in [0.2, 0.25) is 0 Å². The Morgan fingerprint density at radius 3 is 1.88 bits per heavy atom. The Bertz CT molecular complexity index is 665. The molecule has 0 saturated heterocycles. The van der Waals surface area contributed by atoms with E-state index in [1.54, 1.807) is 6.08 Å². The molecule has 0 aromatic rings. The molecule has 5 rings (SSSR count). The second-order valence-electron chi connectivity index (χ2n) is 8.13. The molecular weight excluding hydrogens is 491 g/mol. The third-order valence-corrected chi connectivity index (χ3v) is 5.73. The van der Waals surface area contributed by atoms with Gasteiger partial charge in [-0.05, 0) is 38.5 Å². The van der Waals surface area contributed by atoms with E-state index >= 15 is 0 Å². The molecule has 4 nitrogen and oxygen atoms in total. The normalized spacial score (nSPS) is 21.5. The molecule has 0 bridgehead atoms. The minimum absolute atomic E-state index is 0.253. The number of allylic oxidation sites excluding steroid dienone is 8. The van der Waals surface area contributed by atoms with E-state index in [-0.39, 0.29) is 12.2 Å². The summed E-state index contributed by atoms with van der Waals surface area (Å²) in [4.78, 5) is 4.44. The van der Waals surface area contributed by atoms with Crippen molar-refractivity contribution in [2.75, 3.05) is 0 Å². The second kappa shape index (κ2) is 18.4. The van der Waals surface area contributed by atoms with Crippen molar-refractivity contribution in [3.05, 3.63) is 66.2 Å². The van der Waals surface area contributed by atoms with Crippen molar-refractivity contribution in [2.24, 2.45) is 4.99 Å². The van der Waals surface area contributed by atoms with Crippen LogP contribution in [0.15, 0.2) is 52.7 Å². The average molecular weight is 525 g/mol. The van der Waals surface area contributed by atoms with Crippen LogP contribution in [-0.4, -0.2) is 18.1 Å². The maximum atomic E-state index is 6.13. The van der Waals surface area contributed by atoms with E-state index in [1.807, 2.05) is 24.3 Å². The minimum atomic E-state index is 0.253. The van der Waals surface area contributed by atoms with Gasteiger partial charge in [0.25, 0.3) is 0 Å². The van der Waals surface area contributed by atoms with Crippen LogP contribution in [0.1, 0.15) is 77.0 Å². The summed E-state index contributed by atoms with van der Waals surface area (Å²) in [6.07, 6.45) is 34.7. The second-order valence-corrected chi connectivity index (χ2v) is 8.54. The Balaban J connectivity index is 0.000000261. The van der Waals surface area contributed by atoms with Crippen molar-refractivity contribution in [3.8, 4) is 0 Å². The molecule has 0 unspecified atom stereocenters. The first-order valence-electron chi connectivity index (χ1n) is 11.8. The van der Waals surface area contributed by atoms with Crippen molar-refractivity contribution in [1.29, 1.82) is 0 Å². The van der Waals surface area contributed by atoms with E-state index < -0.39 is 0 Å².